The molecule has 0 N–H and O–H groups in total. The summed E-state index contributed by atoms with van der Waals surface area (Å²) in [4.78, 5) is 10.4. The summed E-state index contributed by atoms with van der Waals surface area (Å²) < 4.78 is 1.48. The molecule has 2 aromatic carbocycles. The molecule has 0 spiro atoms. The largest absolute Gasteiger partial charge is 0.271 e. The molecule has 5 nitrogen and oxygen atoms in total. The molecular formula is C15H10ClN3O2. The van der Waals surface area contributed by atoms with Gasteiger partial charge in [0.2, 0.25) is 0 Å². The lowest BCUT2D eigenvalue weighted by Crippen LogP contribution is -1.98. The smallest absolute Gasteiger partial charge is 0.258 e. The molecule has 0 amide bonds. The Morgan fingerprint density at radius 1 is 1.05 bits per heavy atom. The second-order valence-electron chi connectivity index (χ2n) is 4.41. The molecule has 0 aliphatic rings. The molecular weight excluding hydrogens is 290 g/mol. The lowest BCUT2D eigenvalue weighted by atomic mass is 10.2. The lowest BCUT2D eigenvalue weighted by molar-refractivity contribution is -0.384. The molecule has 3 aromatic rings. The zero-order valence-corrected chi connectivity index (χ0v) is 11.6. The summed E-state index contributed by atoms with van der Waals surface area (Å²) >= 11 is 6.19. The molecule has 0 bridgehead atoms. The molecule has 0 radical (unpaired) electrons. The van der Waals surface area contributed by atoms with Gasteiger partial charge in [-0.2, -0.15) is 5.10 Å². The second-order valence-corrected chi connectivity index (χ2v) is 4.79. The van der Waals surface area contributed by atoms with Gasteiger partial charge in [0.15, 0.2) is 0 Å². The highest BCUT2D eigenvalue weighted by molar-refractivity contribution is 6.30. The van der Waals surface area contributed by atoms with Crippen LogP contribution in [0.1, 0.15) is 0 Å². The van der Waals surface area contributed by atoms with Crippen molar-refractivity contribution < 1.29 is 4.92 Å². The first kappa shape index (κ1) is 13.3. The number of non-ortho nitro benzene ring substituents is 1. The molecule has 0 aliphatic heterocycles. The lowest BCUT2D eigenvalue weighted by Gasteiger charge is -2.02. The molecule has 0 atom stereocenters. The van der Waals surface area contributed by atoms with E-state index in [1.54, 1.807) is 18.2 Å². The number of halogens is 1. The van der Waals surface area contributed by atoms with Crippen molar-refractivity contribution in [2.75, 3.05) is 0 Å². The van der Waals surface area contributed by atoms with Gasteiger partial charge < -0.3 is 0 Å². The fourth-order valence-corrected chi connectivity index (χ4v) is 2.27. The van der Waals surface area contributed by atoms with Crippen molar-refractivity contribution >= 4 is 17.3 Å². The fraction of sp³-hybridized carbons (Fsp3) is 0. The van der Waals surface area contributed by atoms with Crippen LogP contribution in [0.2, 0.25) is 5.15 Å². The predicted octanol–water partition coefficient (Wildman–Crippen LogP) is 4.10. The van der Waals surface area contributed by atoms with Crippen LogP contribution < -0.4 is 0 Å². The zero-order valence-electron chi connectivity index (χ0n) is 10.8. The Labute approximate surface area is 125 Å². The van der Waals surface area contributed by atoms with Gasteiger partial charge >= 0.3 is 0 Å². The first-order valence-electron chi connectivity index (χ1n) is 6.21. The molecule has 0 fully saturated rings. The highest BCUT2D eigenvalue weighted by atomic mass is 35.5. The van der Waals surface area contributed by atoms with Crippen LogP contribution in [0.15, 0.2) is 60.7 Å². The van der Waals surface area contributed by atoms with E-state index in [1.807, 2.05) is 30.3 Å². The first-order chi connectivity index (χ1) is 10.1. The van der Waals surface area contributed by atoms with Crippen LogP contribution in [-0.2, 0) is 0 Å². The average molecular weight is 300 g/mol. The summed E-state index contributed by atoms with van der Waals surface area (Å²) in [6, 6.07) is 17.5. The highest BCUT2D eigenvalue weighted by Crippen LogP contribution is 2.25. The van der Waals surface area contributed by atoms with E-state index < -0.39 is 4.92 Å². The van der Waals surface area contributed by atoms with E-state index in [1.165, 1.54) is 16.8 Å². The van der Waals surface area contributed by atoms with Crippen molar-refractivity contribution in [3.63, 3.8) is 0 Å². The van der Waals surface area contributed by atoms with E-state index >= 15 is 0 Å². The van der Waals surface area contributed by atoms with Gasteiger partial charge in [0, 0.05) is 23.8 Å². The third-order valence-electron chi connectivity index (χ3n) is 3.02. The van der Waals surface area contributed by atoms with Crippen LogP contribution in [0.5, 0.6) is 0 Å². The molecule has 0 aliphatic carbocycles. The quantitative estimate of drug-likeness (QED) is 0.540. The number of nitrogens with zero attached hydrogens (tertiary/aromatic N) is 3. The van der Waals surface area contributed by atoms with Crippen LogP contribution in [0.25, 0.3) is 16.9 Å². The van der Waals surface area contributed by atoms with Gasteiger partial charge in [0.05, 0.1) is 16.3 Å². The molecule has 0 saturated heterocycles. The molecule has 3 rings (SSSR count). The molecule has 104 valence electrons. The molecule has 21 heavy (non-hydrogen) atoms. The van der Waals surface area contributed by atoms with Crippen molar-refractivity contribution in [2.45, 2.75) is 0 Å². The van der Waals surface area contributed by atoms with Crippen molar-refractivity contribution in [1.29, 1.82) is 0 Å². The van der Waals surface area contributed by atoms with E-state index in [-0.39, 0.29) is 5.69 Å². The standard InChI is InChI=1S/C15H10ClN3O2/c16-15-10-14(11-5-2-1-3-6-11)17-18(15)12-7-4-8-13(9-12)19(20)21/h1-10H. The number of aromatic nitrogens is 2. The summed E-state index contributed by atoms with van der Waals surface area (Å²) in [5.74, 6) is 0. The van der Waals surface area contributed by atoms with E-state index in [9.17, 15) is 10.1 Å². The Morgan fingerprint density at radius 3 is 2.52 bits per heavy atom. The molecule has 0 unspecified atom stereocenters. The minimum absolute atomic E-state index is 0.000303. The third kappa shape index (κ3) is 2.64. The highest BCUT2D eigenvalue weighted by Gasteiger charge is 2.12. The Morgan fingerprint density at radius 2 is 1.81 bits per heavy atom. The van der Waals surface area contributed by atoms with E-state index in [0.29, 0.717) is 16.5 Å². The van der Waals surface area contributed by atoms with Crippen molar-refractivity contribution in [3.8, 4) is 16.9 Å². The monoisotopic (exact) mass is 299 g/mol. The van der Waals surface area contributed by atoms with E-state index in [2.05, 4.69) is 5.10 Å². The van der Waals surface area contributed by atoms with Crippen LogP contribution in [0, 0.1) is 10.1 Å². The second kappa shape index (κ2) is 5.38. The third-order valence-corrected chi connectivity index (χ3v) is 3.29. The van der Waals surface area contributed by atoms with Crippen molar-refractivity contribution in [1.82, 2.24) is 9.78 Å². The maximum absolute atomic E-state index is 10.8. The molecule has 1 heterocycles. The number of nitro benzene ring substituents is 1. The van der Waals surface area contributed by atoms with Gasteiger partial charge in [0.25, 0.3) is 5.69 Å². The summed E-state index contributed by atoms with van der Waals surface area (Å²) in [7, 11) is 0. The molecule has 1 aromatic heterocycles. The minimum atomic E-state index is -0.445. The molecule has 6 heteroatoms. The Kier molecular flexibility index (Phi) is 3.41. The van der Waals surface area contributed by atoms with Gasteiger partial charge in [0.1, 0.15) is 5.15 Å². The zero-order chi connectivity index (χ0) is 14.8. The maximum atomic E-state index is 10.8. The number of hydrogen-bond acceptors (Lipinski definition) is 3. The van der Waals surface area contributed by atoms with Gasteiger partial charge in [-0.3, -0.25) is 10.1 Å². The summed E-state index contributed by atoms with van der Waals surface area (Å²) in [6.07, 6.45) is 0. The Balaban J connectivity index is 2.06. The van der Waals surface area contributed by atoms with Crippen molar-refractivity contribution in [3.05, 3.63) is 75.9 Å². The molecule has 0 saturated carbocycles. The van der Waals surface area contributed by atoms with Gasteiger partial charge in [-0.1, -0.05) is 48.0 Å². The number of benzene rings is 2. The number of hydrogen-bond donors (Lipinski definition) is 0. The SMILES string of the molecule is O=[N+]([O-])c1cccc(-n2nc(-c3ccccc3)cc2Cl)c1. The fourth-order valence-electron chi connectivity index (χ4n) is 2.03. The van der Waals surface area contributed by atoms with Gasteiger partial charge in [-0.15, -0.1) is 0 Å². The average Bonchev–Trinajstić information content (AvgIpc) is 2.90. The number of rotatable bonds is 3. The summed E-state index contributed by atoms with van der Waals surface area (Å²) in [5.41, 5.74) is 2.20. The topological polar surface area (TPSA) is 61.0 Å². The van der Waals surface area contributed by atoms with Gasteiger partial charge in [-0.25, -0.2) is 4.68 Å². The van der Waals surface area contributed by atoms with E-state index in [0.717, 1.165) is 5.56 Å². The summed E-state index contributed by atoms with van der Waals surface area (Å²) in [6.45, 7) is 0. The van der Waals surface area contributed by atoms with Crippen LogP contribution in [0.4, 0.5) is 5.69 Å². The Hall–Kier alpha value is -2.66. The predicted molar refractivity (Wildman–Crippen MR) is 80.7 cm³/mol. The number of nitro groups is 1. The van der Waals surface area contributed by atoms with Crippen molar-refractivity contribution in [2.24, 2.45) is 0 Å². The van der Waals surface area contributed by atoms with Crippen LogP contribution in [0.3, 0.4) is 0 Å². The first-order valence-corrected chi connectivity index (χ1v) is 6.59. The van der Waals surface area contributed by atoms with Crippen LogP contribution in [-0.4, -0.2) is 14.7 Å². The summed E-state index contributed by atoms with van der Waals surface area (Å²) in [5, 5.41) is 15.6. The van der Waals surface area contributed by atoms with E-state index in [4.69, 9.17) is 11.6 Å². The van der Waals surface area contributed by atoms with Gasteiger partial charge in [-0.05, 0) is 6.07 Å². The maximum Gasteiger partial charge on any atom is 0.271 e. The minimum Gasteiger partial charge on any atom is -0.258 e. The Bertz CT molecular complexity index is 800. The van der Waals surface area contributed by atoms with Crippen LogP contribution >= 0.6 is 11.6 Å². The normalized spacial score (nSPS) is 10.5.